The number of amides is 2. The fourth-order valence-corrected chi connectivity index (χ4v) is 4.03. The van der Waals surface area contributed by atoms with E-state index in [1.165, 1.54) is 13.5 Å². The Morgan fingerprint density at radius 1 is 1.23 bits per heavy atom. The van der Waals surface area contributed by atoms with E-state index >= 15 is 0 Å². The van der Waals surface area contributed by atoms with Gasteiger partial charge >= 0.3 is 12.0 Å². The Bertz CT molecular complexity index is 689. The maximum Gasteiger partial charge on any atom is 0.325 e. The highest BCUT2D eigenvalue weighted by atomic mass is 16.5. The van der Waals surface area contributed by atoms with Gasteiger partial charge in [0.1, 0.15) is 0 Å². The van der Waals surface area contributed by atoms with Crippen molar-refractivity contribution >= 4 is 17.7 Å². The zero-order valence-electron chi connectivity index (χ0n) is 15.2. The SMILES string of the molecule is COC(=O)CCC1CN(c2ccc(C#N)cc2)C(=O)N1C1CCCCC1. The molecule has 1 saturated heterocycles. The molecule has 0 N–H and O–H groups in total. The molecule has 0 bridgehead atoms. The molecule has 0 aromatic heterocycles. The summed E-state index contributed by atoms with van der Waals surface area (Å²) in [4.78, 5) is 28.5. The Balaban J connectivity index is 1.80. The van der Waals surface area contributed by atoms with Crippen LogP contribution in [-0.2, 0) is 9.53 Å². The van der Waals surface area contributed by atoms with Gasteiger partial charge in [0, 0.05) is 24.7 Å². The van der Waals surface area contributed by atoms with Crippen LogP contribution in [0.15, 0.2) is 24.3 Å². The second kappa shape index (κ2) is 8.22. The molecule has 1 aliphatic carbocycles. The van der Waals surface area contributed by atoms with E-state index in [1.807, 2.05) is 17.0 Å². The number of carbonyl (C=O) groups is 2. The molecule has 1 heterocycles. The Kier molecular flexibility index (Phi) is 5.77. The molecule has 1 aromatic carbocycles. The van der Waals surface area contributed by atoms with Gasteiger partial charge in [0.2, 0.25) is 0 Å². The summed E-state index contributed by atoms with van der Waals surface area (Å²) in [6, 6.07) is 9.47. The van der Waals surface area contributed by atoms with Crippen LogP contribution in [0.5, 0.6) is 0 Å². The Morgan fingerprint density at radius 2 is 1.92 bits per heavy atom. The first-order chi connectivity index (χ1) is 12.6. The lowest BCUT2D eigenvalue weighted by Gasteiger charge is -2.34. The van der Waals surface area contributed by atoms with E-state index in [0.717, 1.165) is 31.4 Å². The summed E-state index contributed by atoms with van der Waals surface area (Å²) in [5.41, 5.74) is 1.38. The highest BCUT2D eigenvalue weighted by Gasteiger charge is 2.42. The molecule has 3 rings (SSSR count). The summed E-state index contributed by atoms with van der Waals surface area (Å²) >= 11 is 0. The molecule has 2 fully saturated rings. The van der Waals surface area contributed by atoms with Gasteiger partial charge in [-0.05, 0) is 43.5 Å². The summed E-state index contributed by atoms with van der Waals surface area (Å²) in [6.45, 7) is 0.568. The summed E-state index contributed by atoms with van der Waals surface area (Å²) in [5, 5.41) is 8.96. The monoisotopic (exact) mass is 355 g/mol. The molecule has 6 nitrogen and oxygen atoms in total. The van der Waals surface area contributed by atoms with Crippen molar-refractivity contribution in [2.75, 3.05) is 18.6 Å². The van der Waals surface area contributed by atoms with Gasteiger partial charge < -0.3 is 9.64 Å². The highest BCUT2D eigenvalue weighted by molar-refractivity contribution is 5.95. The van der Waals surface area contributed by atoms with E-state index in [2.05, 4.69) is 6.07 Å². The summed E-state index contributed by atoms with van der Waals surface area (Å²) < 4.78 is 4.77. The number of esters is 1. The van der Waals surface area contributed by atoms with Gasteiger partial charge in [0.25, 0.3) is 0 Å². The maximum absolute atomic E-state index is 13.2. The third-order valence-electron chi connectivity index (χ3n) is 5.42. The van der Waals surface area contributed by atoms with Gasteiger partial charge in [0.15, 0.2) is 0 Å². The minimum absolute atomic E-state index is 0.0106. The molecule has 1 atom stereocenters. The largest absolute Gasteiger partial charge is 0.469 e. The van der Waals surface area contributed by atoms with Gasteiger partial charge in [0.05, 0.1) is 24.8 Å². The molecule has 2 aliphatic rings. The first-order valence-corrected chi connectivity index (χ1v) is 9.31. The fraction of sp³-hybridized carbons (Fsp3) is 0.550. The Hall–Kier alpha value is -2.55. The van der Waals surface area contributed by atoms with Crippen LogP contribution in [0.2, 0.25) is 0 Å². The smallest absolute Gasteiger partial charge is 0.325 e. The lowest BCUT2D eigenvalue weighted by atomic mass is 9.93. The van der Waals surface area contributed by atoms with E-state index in [1.54, 1.807) is 17.0 Å². The van der Waals surface area contributed by atoms with Crippen molar-refractivity contribution in [3.05, 3.63) is 29.8 Å². The summed E-state index contributed by atoms with van der Waals surface area (Å²) in [6.07, 6.45) is 6.51. The van der Waals surface area contributed by atoms with Crippen molar-refractivity contribution < 1.29 is 14.3 Å². The van der Waals surface area contributed by atoms with Gasteiger partial charge in [-0.3, -0.25) is 9.69 Å². The molecule has 0 radical (unpaired) electrons. The lowest BCUT2D eigenvalue weighted by molar-refractivity contribution is -0.141. The number of hydrogen-bond acceptors (Lipinski definition) is 4. The standard InChI is InChI=1S/C20H25N3O3/c1-26-19(24)12-11-18-14-22(16-9-7-15(13-21)8-10-16)20(25)23(18)17-5-3-2-4-6-17/h7-10,17-18H,2-6,11-12,14H2,1H3. The molecule has 1 unspecified atom stereocenters. The second-order valence-corrected chi connectivity index (χ2v) is 7.02. The van der Waals surface area contributed by atoms with E-state index < -0.39 is 0 Å². The predicted molar refractivity (Wildman–Crippen MR) is 97.6 cm³/mol. The molecule has 6 heteroatoms. The number of rotatable bonds is 5. The topological polar surface area (TPSA) is 73.6 Å². The molecule has 26 heavy (non-hydrogen) atoms. The van der Waals surface area contributed by atoms with Crippen LogP contribution < -0.4 is 4.90 Å². The molecular formula is C20H25N3O3. The Labute approximate surface area is 154 Å². The van der Waals surface area contributed by atoms with Crippen LogP contribution in [0.4, 0.5) is 10.5 Å². The van der Waals surface area contributed by atoms with Crippen molar-refractivity contribution in [3.8, 4) is 6.07 Å². The number of urea groups is 1. The second-order valence-electron chi connectivity index (χ2n) is 7.02. The molecule has 1 aromatic rings. The molecule has 1 aliphatic heterocycles. The minimum atomic E-state index is -0.238. The molecule has 2 amide bonds. The van der Waals surface area contributed by atoms with Crippen LogP contribution in [0.25, 0.3) is 0 Å². The van der Waals surface area contributed by atoms with Gasteiger partial charge in [-0.1, -0.05) is 19.3 Å². The van der Waals surface area contributed by atoms with Crippen molar-refractivity contribution in [3.63, 3.8) is 0 Å². The van der Waals surface area contributed by atoms with Gasteiger partial charge in [-0.2, -0.15) is 5.26 Å². The molecular weight excluding hydrogens is 330 g/mol. The molecule has 1 saturated carbocycles. The van der Waals surface area contributed by atoms with Crippen LogP contribution in [0.1, 0.15) is 50.5 Å². The van der Waals surface area contributed by atoms with E-state index in [4.69, 9.17) is 10.00 Å². The van der Waals surface area contributed by atoms with Crippen molar-refractivity contribution in [1.29, 1.82) is 5.26 Å². The van der Waals surface area contributed by atoms with Crippen LogP contribution >= 0.6 is 0 Å². The average Bonchev–Trinajstić information content (AvgIpc) is 3.03. The first-order valence-electron chi connectivity index (χ1n) is 9.31. The van der Waals surface area contributed by atoms with Crippen molar-refractivity contribution in [2.45, 2.75) is 57.0 Å². The number of benzene rings is 1. The van der Waals surface area contributed by atoms with Gasteiger partial charge in [-0.25, -0.2) is 4.79 Å². The normalized spacial score (nSPS) is 20.9. The minimum Gasteiger partial charge on any atom is -0.469 e. The number of hydrogen-bond donors (Lipinski definition) is 0. The predicted octanol–water partition coefficient (Wildman–Crippen LogP) is 3.45. The zero-order valence-corrected chi connectivity index (χ0v) is 15.2. The third kappa shape index (κ3) is 3.82. The zero-order chi connectivity index (χ0) is 18.5. The average molecular weight is 355 g/mol. The lowest BCUT2D eigenvalue weighted by Crippen LogP contribution is -2.44. The number of nitriles is 1. The third-order valence-corrected chi connectivity index (χ3v) is 5.42. The maximum atomic E-state index is 13.2. The number of carbonyl (C=O) groups excluding carboxylic acids is 2. The van der Waals surface area contributed by atoms with Crippen molar-refractivity contribution in [2.24, 2.45) is 0 Å². The molecule has 138 valence electrons. The number of methoxy groups -OCH3 is 1. The Morgan fingerprint density at radius 3 is 2.54 bits per heavy atom. The van der Waals surface area contributed by atoms with E-state index in [9.17, 15) is 9.59 Å². The van der Waals surface area contributed by atoms with Crippen LogP contribution in [0, 0.1) is 11.3 Å². The van der Waals surface area contributed by atoms with Crippen LogP contribution in [0.3, 0.4) is 0 Å². The van der Waals surface area contributed by atoms with Crippen molar-refractivity contribution in [1.82, 2.24) is 4.90 Å². The molecule has 0 spiro atoms. The quantitative estimate of drug-likeness (QED) is 0.758. The summed E-state index contributed by atoms with van der Waals surface area (Å²) in [5.74, 6) is -0.238. The van der Waals surface area contributed by atoms with E-state index in [0.29, 0.717) is 24.9 Å². The van der Waals surface area contributed by atoms with E-state index in [-0.39, 0.29) is 24.1 Å². The number of anilines is 1. The van der Waals surface area contributed by atoms with Crippen LogP contribution in [-0.4, -0.2) is 42.6 Å². The first kappa shape index (κ1) is 18.2. The highest BCUT2D eigenvalue weighted by Crippen LogP contribution is 2.33. The number of nitrogens with zero attached hydrogens (tertiary/aromatic N) is 3. The number of ether oxygens (including phenoxy) is 1. The van der Waals surface area contributed by atoms with Gasteiger partial charge in [-0.15, -0.1) is 0 Å². The summed E-state index contributed by atoms with van der Waals surface area (Å²) in [7, 11) is 1.39. The fourth-order valence-electron chi connectivity index (χ4n) is 4.03.